The van der Waals surface area contributed by atoms with E-state index in [-0.39, 0.29) is 23.0 Å². The number of hydrogen-bond acceptors (Lipinski definition) is 4. The Labute approximate surface area is 182 Å². The van der Waals surface area contributed by atoms with Crippen LogP contribution in [0.2, 0.25) is 0 Å². The molecule has 1 aromatic heterocycles. The van der Waals surface area contributed by atoms with E-state index in [0.717, 1.165) is 25.2 Å². The maximum absolute atomic E-state index is 13.2. The molecule has 30 heavy (non-hydrogen) atoms. The number of rotatable bonds is 6. The van der Waals surface area contributed by atoms with Gasteiger partial charge < -0.3 is 9.80 Å². The molecular weight excluding hydrogens is 401 g/mol. The molecule has 3 rings (SSSR count). The van der Waals surface area contributed by atoms with Gasteiger partial charge in [-0.1, -0.05) is 39.0 Å². The third kappa shape index (κ3) is 5.89. The van der Waals surface area contributed by atoms with E-state index in [1.54, 1.807) is 12.1 Å². The SMILES string of the molecule is CC(C)(C)C(=O)N1CCN(CCN(Cc2ccc(F)cc2)C(=O)c2cccs2)CC1. The van der Waals surface area contributed by atoms with Crippen molar-refractivity contribution in [3.05, 3.63) is 58.0 Å². The lowest BCUT2D eigenvalue weighted by Gasteiger charge is -2.38. The first-order valence-electron chi connectivity index (χ1n) is 10.3. The number of nitrogens with zero attached hydrogens (tertiary/aromatic N) is 3. The van der Waals surface area contributed by atoms with Gasteiger partial charge in [-0.25, -0.2) is 4.39 Å². The van der Waals surface area contributed by atoms with E-state index >= 15 is 0 Å². The Bertz CT molecular complexity index is 838. The van der Waals surface area contributed by atoms with Crippen molar-refractivity contribution in [3.63, 3.8) is 0 Å². The van der Waals surface area contributed by atoms with Crippen LogP contribution < -0.4 is 0 Å². The van der Waals surface area contributed by atoms with Crippen LogP contribution in [0, 0.1) is 11.2 Å². The van der Waals surface area contributed by atoms with Gasteiger partial charge in [-0.3, -0.25) is 14.5 Å². The third-order valence-electron chi connectivity index (χ3n) is 5.29. The fraction of sp³-hybridized carbons (Fsp3) is 0.478. The lowest BCUT2D eigenvalue weighted by atomic mass is 9.94. The number of amides is 2. The minimum Gasteiger partial charge on any atom is -0.340 e. The molecule has 0 aliphatic carbocycles. The van der Waals surface area contributed by atoms with E-state index in [1.165, 1.54) is 23.5 Å². The van der Waals surface area contributed by atoms with Crippen LogP contribution in [0.25, 0.3) is 0 Å². The number of piperazine rings is 1. The average Bonchev–Trinajstić information content (AvgIpc) is 3.26. The smallest absolute Gasteiger partial charge is 0.264 e. The van der Waals surface area contributed by atoms with E-state index in [2.05, 4.69) is 4.90 Å². The fourth-order valence-electron chi connectivity index (χ4n) is 3.53. The zero-order valence-electron chi connectivity index (χ0n) is 17.9. The zero-order valence-corrected chi connectivity index (χ0v) is 18.8. The summed E-state index contributed by atoms with van der Waals surface area (Å²) in [7, 11) is 0. The molecule has 5 nitrogen and oxygen atoms in total. The van der Waals surface area contributed by atoms with Gasteiger partial charge in [0.1, 0.15) is 5.82 Å². The van der Waals surface area contributed by atoms with Crippen molar-refractivity contribution in [1.29, 1.82) is 0 Å². The molecule has 1 aliphatic heterocycles. The fourth-order valence-corrected chi connectivity index (χ4v) is 4.22. The van der Waals surface area contributed by atoms with Gasteiger partial charge >= 0.3 is 0 Å². The Kier molecular flexibility index (Phi) is 7.26. The topological polar surface area (TPSA) is 43.9 Å². The quantitative estimate of drug-likeness (QED) is 0.700. The van der Waals surface area contributed by atoms with Crippen LogP contribution in [0.4, 0.5) is 4.39 Å². The molecule has 162 valence electrons. The highest BCUT2D eigenvalue weighted by atomic mass is 32.1. The van der Waals surface area contributed by atoms with Crippen LogP contribution in [0.15, 0.2) is 41.8 Å². The zero-order chi connectivity index (χ0) is 21.7. The highest BCUT2D eigenvalue weighted by Crippen LogP contribution is 2.19. The van der Waals surface area contributed by atoms with Crippen molar-refractivity contribution in [2.45, 2.75) is 27.3 Å². The van der Waals surface area contributed by atoms with Crippen molar-refractivity contribution < 1.29 is 14.0 Å². The van der Waals surface area contributed by atoms with Gasteiger partial charge in [0.2, 0.25) is 5.91 Å². The molecule has 0 radical (unpaired) electrons. The minimum absolute atomic E-state index is 0.00382. The minimum atomic E-state index is -0.360. The van der Waals surface area contributed by atoms with Crippen molar-refractivity contribution in [2.24, 2.45) is 5.41 Å². The highest BCUT2D eigenvalue weighted by Gasteiger charge is 2.29. The molecule has 7 heteroatoms. The van der Waals surface area contributed by atoms with E-state index in [0.29, 0.717) is 31.1 Å². The summed E-state index contributed by atoms with van der Waals surface area (Å²) in [5, 5.41) is 1.90. The second-order valence-electron chi connectivity index (χ2n) is 8.71. The Morgan fingerprint density at radius 2 is 1.73 bits per heavy atom. The average molecular weight is 432 g/mol. The summed E-state index contributed by atoms with van der Waals surface area (Å²) in [4.78, 5) is 32.2. The molecule has 0 N–H and O–H groups in total. The molecule has 0 atom stereocenters. The molecule has 1 aromatic carbocycles. The lowest BCUT2D eigenvalue weighted by molar-refractivity contribution is -0.141. The van der Waals surface area contributed by atoms with Gasteiger partial charge in [0, 0.05) is 51.2 Å². The van der Waals surface area contributed by atoms with Gasteiger partial charge in [-0.05, 0) is 29.1 Å². The van der Waals surface area contributed by atoms with Crippen LogP contribution in [-0.4, -0.2) is 65.8 Å². The van der Waals surface area contributed by atoms with Crippen LogP contribution in [0.3, 0.4) is 0 Å². The predicted octanol–water partition coefficient (Wildman–Crippen LogP) is 3.72. The van der Waals surface area contributed by atoms with Gasteiger partial charge in [-0.2, -0.15) is 0 Å². The molecule has 0 spiro atoms. The molecule has 1 saturated heterocycles. The van der Waals surface area contributed by atoms with Crippen molar-refractivity contribution in [1.82, 2.24) is 14.7 Å². The normalized spacial score (nSPS) is 15.3. The number of carbonyl (C=O) groups excluding carboxylic acids is 2. The van der Waals surface area contributed by atoms with E-state index in [4.69, 9.17) is 0 Å². The summed E-state index contributed by atoms with van der Waals surface area (Å²) in [6.07, 6.45) is 0. The maximum atomic E-state index is 13.2. The monoisotopic (exact) mass is 431 g/mol. The second-order valence-corrected chi connectivity index (χ2v) is 9.66. The van der Waals surface area contributed by atoms with Crippen molar-refractivity contribution in [2.75, 3.05) is 39.3 Å². The standard InChI is InChI=1S/C23H30FN3O2S/c1-23(2,3)22(29)26-13-10-25(11-14-26)12-15-27(21(28)20-5-4-16-30-20)17-18-6-8-19(24)9-7-18/h4-9,16H,10-15,17H2,1-3H3. The van der Waals surface area contributed by atoms with Crippen LogP contribution in [0.5, 0.6) is 0 Å². The number of thiophene rings is 1. The molecule has 0 bridgehead atoms. The molecule has 0 unspecified atom stereocenters. The first kappa shape index (κ1) is 22.4. The van der Waals surface area contributed by atoms with Gasteiger partial charge in [0.05, 0.1) is 4.88 Å². The van der Waals surface area contributed by atoms with E-state index in [9.17, 15) is 14.0 Å². The highest BCUT2D eigenvalue weighted by molar-refractivity contribution is 7.12. The summed E-state index contributed by atoms with van der Waals surface area (Å²) in [5.41, 5.74) is 0.545. The summed E-state index contributed by atoms with van der Waals surface area (Å²) in [6, 6.07) is 10.0. The van der Waals surface area contributed by atoms with E-state index in [1.807, 2.05) is 48.1 Å². The number of hydrogen-bond donors (Lipinski definition) is 0. The molecule has 1 aliphatic rings. The summed E-state index contributed by atoms with van der Waals surface area (Å²) >= 11 is 1.43. The van der Waals surface area contributed by atoms with Crippen LogP contribution in [-0.2, 0) is 11.3 Å². The largest absolute Gasteiger partial charge is 0.340 e. The number of carbonyl (C=O) groups is 2. The van der Waals surface area contributed by atoms with Gasteiger partial charge in [-0.15, -0.1) is 11.3 Å². The van der Waals surface area contributed by atoms with Crippen LogP contribution >= 0.6 is 11.3 Å². The molecular formula is C23H30FN3O2S. The summed E-state index contributed by atoms with van der Waals surface area (Å²) < 4.78 is 13.2. The molecule has 2 heterocycles. The number of benzene rings is 1. The third-order valence-corrected chi connectivity index (χ3v) is 6.15. The van der Waals surface area contributed by atoms with Crippen molar-refractivity contribution >= 4 is 23.2 Å². The first-order chi connectivity index (χ1) is 14.2. The predicted molar refractivity (Wildman–Crippen MR) is 118 cm³/mol. The molecule has 2 amide bonds. The molecule has 0 saturated carbocycles. The van der Waals surface area contributed by atoms with E-state index < -0.39 is 0 Å². The Hall–Kier alpha value is -2.25. The van der Waals surface area contributed by atoms with Crippen molar-refractivity contribution in [3.8, 4) is 0 Å². The summed E-state index contributed by atoms with van der Waals surface area (Å²) in [5.74, 6) is -0.0959. The Morgan fingerprint density at radius 3 is 2.30 bits per heavy atom. The molecule has 1 fully saturated rings. The molecule has 2 aromatic rings. The van der Waals surface area contributed by atoms with Gasteiger partial charge in [0.15, 0.2) is 0 Å². The Balaban J connectivity index is 1.59. The summed E-state index contributed by atoms with van der Waals surface area (Å²) in [6.45, 7) is 10.7. The number of halogens is 1. The van der Waals surface area contributed by atoms with Crippen LogP contribution in [0.1, 0.15) is 36.0 Å². The lowest BCUT2D eigenvalue weighted by Crippen LogP contribution is -2.52. The second kappa shape index (κ2) is 9.71. The first-order valence-corrected chi connectivity index (χ1v) is 11.2. The Morgan fingerprint density at radius 1 is 1.07 bits per heavy atom. The maximum Gasteiger partial charge on any atom is 0.264 e. The van der Waals surface area contributed by atoms with Gasteiger partial charge in [0.25, 0.3) is 5.91 Å².